The number of rotatable bonds is 2. The summed E-state index contributed by atoms with van der Waals surface area (Å²) in [6.07, 6.45) is 9.28. The predicted molar refractivity (Wildman–Crippen MR) is 108 cm³/mol. The third-order valence-corrected chi connectivity index (χ3v) is 7.30. The molecule has 3 aromatic rings. The molecular weight excluding hydrogens is 334 g/mol. The van der Waals surface area contributed by atoms with Gasteiger partial charge in [0, 0.05) is 40.9 Å². The minimum absolute atomic E-state index is 0.279. The van der Waals surface area contributed by atoms with Crippen LogP contribution < -0.4 is 11.1 Å². The Hall–Kier alpha value is -2.82. The fraction of sp³-hybridized carbons (Fsp3) is 0.364. The SMILES string of the molecule is N=Cc1c(N)ccc2c1C1C3CCC(C3)C1C(c1ccnc3[nH]ccc13)N2. The highest BCUT2D eigenvalue weighted by Gasteiger charge is 2.54. The molecule has 2 fully saturated rings. The first-order chi connectivity index (χ1) is 13.3. The van der Waals surface area contributed by atoms with Gasteiger partial charge in [-0.2, -0.15) is 0 Å². The molecule has 6 rings (SSSR count). The number of fused-ring (bicyclic) bond motifs is 8. The summed E-state index contributed by atoms with van der Waals surface area (Å²) >= 11 is 0. The van der Waals surface area contributed by atoms with E-state index >= 15 is 0 Å². The van der Waals surface area contributed by atoms with Crippen LogP contribution >= 0.6 is 0 Å². The molecule has 136 valence electrons. The summed E-state index contributed by atoms with van der Waals surface area (Å²) in [5, 5.41) is 13.0. The van der Waals surface area contributed by atoms with Crippen LogP contribution in [0.5, 0.6) is 0 Å². The Bertz CT molecular complexity index is 1070. The van der Waals surface area contributed by atoms with Crippen molar-refractivity contribution in [3.63, 3.8) is 0 Å². The van der Waals surface area contributed by atoms with Gasteiger partial charge in [-0.25, -0.2) is 4.98 Å². The number of hydrogen-bond donors (Lipinski definition) is 4. The minimum atomic E-state index is 0.279. The van der Waals surface area contributed by atoms with E-state index in [0.29, 0.717) is 17.8 Å². The molecule has 2 bridgehead atoms. The molecule has 5 heteroatoms. The fourth-order valence-corrected chi connectivity index (χ4v) is 6.35. The van der Waals surface area contributed by atoms with Gasteiger partial charge in [-0.3, -0.25) is 0 Å². The van der Waals surface area contributed by atoms with E-state index in [2.05, 4.69) is 33.5 Å². The number of hydrogen-bond acceptors (Lipinski definition) is 4. The van der Waals surface area contributed by atoms with Crippen molar-refractivity contribution in [3.05, 3.63) is 53.3 Å². The number of anilines is 2. The Labute approximate surface area is 157 Å². The van der Waals surface area contributed by atoms with Crippen molar-refractivity contribution in [2.24, 2.45) is 17.8 Å². The molecule has 1 aliphatic heterocycles. The number of nitrogens with one attached hydrogen (secondary N) is 3. The second-order valence-electron chi connectivity index (χ2n) is 8.37. The molecule has 5 nitrogen and oxygen atoms in total. The molecule has 27 heavy (non-hydrogen) atoms. The fourth-order valence-electron chi connectivity index (χ4n) is 6.35. The van der Waals surface area contributed by atoms with Crippen molar-refractivity contribution in [2.75, 3.05) is 11.1 Å². The number of aromatic nitrogens is 2. The molecule has 2 saturated carbocycles. The molecule has 2 aliphatic carbocycles. The number of nitrogens with zero attached hydrogens (tertiary/aromatic N) is 1. The Morgan fingerprint density at radius 1 is 1.15 bits per heavy atom. The Morgan fingerprint density at radius 2 is 2.04 bits per heavy atom. The highest BCUT2D eigenvalue weighted by atomic mass is 15.0. The first-order valence-electron chi connectivity index (χ1n) is 9.87. The topological polar surface area (TPSA) is 90.6 Å². The smallest absolute Gasteiger partial charge is 0.137 e. The zero-order valence-electron chi connectivity index (χ0n) is 15.1. The normalized spacial score (nSPS) is 30.7. The van der Waals surface area contributed by atoms with E-state index in [0.717, 1.165) is 28.5 Å². The monoisotopic (exact) mass is 357 g/mol. The number of benzene rings is 1. The first-order valence-corrected chi connectivity index (χ1v) is 9.87. The second-order valence-corrected chi connectivity index (χ2v) is 8.37. The van der Waals surface area contributed by atoms with Crippen LogP contribution in [-0.4, -0.2) is 16.2 Å². The number of aromatic amines is 1. The van der Waals surface area contributed by atoms with Crippen LogP contribution in [0.1, 0.15) is 47.9 Å². The molecule has 3 aliphatic rings. The van der Waals surface area contributed by atoms with Gasteiger partial charge in [-0.05, 0) is 78.3 Å². The summed E-state index contributed by atoms with van der Waals surface area (Å²) < 4.78 is 0. The first kappa shape index (κ1) is 15.3. The van der Waals surface area contributed by atoms with Crippen LogP contribution in [0.3, 0.4) is 0 Å². The molecule has 0 spiro atoms. The summed E-state index contributed by atoms with van der Waals surface area (Å²) in [5.41, 5.74) is 12.6. The van der Waals surface area contributed by atoms with Crippen LogP contribution in [-0.2, 0) is 0 Å². The lowest BCUT2D eigenvalue weighted by molar-refractivity contribution is 0.248. The molecule has 2 aromatic heterocycles. The van der Waals surface area contributed by atoms with E-state index in [4.69, 9.17) is 11.1 Å². The summed E-state index contributed by atoms with van der Waals surface area (Å²) in [6, 6.07) is 8.65. The second kappa shape index (κ2) is 5.35. The van der Waals surface area contributed by atoms with E-state index < -0.39 is 0 Å². The Morgan fingerprint density at radius 3 is 2.93 bits per heavy atom. The third-order valence-electron chi connectivity index (χ3n) is 7.30. The lowest BCUT2D eigenvalue weighted by atomic mass is 9.67. The van der Waals surface area contributed by atoms with E-state index in [1.807, 2.05) is 18.5 Å². The van der Waals surface area contributed by atoms with E-state index in [-0.39, 0.29) is 6.04 Å². The molecule has 5 unspecified atom stereocenters. The third kappa shape index (κ3) is 1.94. The predicted octanol–water partition coefficient (Wildman–Crippen LogP) is 4.44. The van der Waals surface area contributed by atoms with Gasteiger partial charge in [-0.15, -0.1) is 0 Å². The molecule has 5 N–H and O–H groups in total. The van der Waals surface area contributed by atoms with Gasteiger partial charge in [0.15, 0.2) is 0 Å². The standard InChI is InChI=1S/C22H23N5/c23-10-15-16(24)3-4-17-20(15)18-11-1-2-12(9-11)19(18)21(27-17)13-5-7-25-22-14(13)6-8-26-22/h3-8,10-12,18-19,21,23,27H,1-2,9,24H2,(H,25,26). The molecule has 5 atom stereocenters. The lowest BCUT2D eigenvalue weighted by Gasteiger charge is -2.44. The Balaban J connectivity index is 1.58. The van der Waals surface area contributed by atoms with Crippen molar-refractivity contribution in [1.29, 1.82) is 5.41 Å². The number of nitrogen functional groups attached to an aromatic ring is 1. The van der Waals surface area contributed by atoms with Gasteiger partial charge in [0.25, 0.3) is 0 Å². The van der Waals surface area contributed by atoms with Crippen molar-refractivity contribution in [1.82, 2.24) is 9.97 Å². The largest absolute Gasteiger partial charge is 0.398 e. The van der Waals surface area contributed by atoms with Gasteiger partial charge >= 0.3 is 0 Å². The average molecular weight is 357 g/mol. The van der Waals surface area contributed by atoms with Crippen LogP contribution in [0.25, 0.3) is 11.0 Å². The van der Waals surface area contributed by atoms with Gasteiger partial charge in [-0.1, -0.05) is 0 Å². The minimum Gasteiger partial charge on any atom is -0.398 e. The van der Waals surface area contributed by atoms with Crippen molar-refractivity contribution < 1.29 is 0 Å². The Kier molecular flexibility index (Phi) is 3.02. The van der Waals surface area contributed by atoms with Gasteiger partial charge < -0.3 is 21.4 Å². The van der Waals surface area contributed by atoms with E-state index in [1.165, 1.54) is 42.0 Å². The van der Waals surface area contributed by atoms with Crippen molar-refractivity contribution >= 4 is 28.6 Å². The van der Waals surface area contributed by atoms with Crippen LogP contribution in [0.4, 0.5) is 11.4 Å². The summed E-state index contributed by atoms with van der Waals surface area (Å²) in [4.78, 5) is 7.74. The van der Waals surface area contributed by atoms with Crippen LogP contribution in [0.2, 0.25) is 0 Å². The maximum Gasteiger partial charge on any atom is 0.137 e. The molecule has 0 amide bonds. The van der Waals surface area contributed by atoms with E-state index in [9.17, 15) is 0 Å². The highest BCUT2D eigenvalue weighted by molar-refractivity contribution is 5.91. The van der Waals surface area contributed by atoms with Crippen LogP contribution in [0, 0.1) is 23.2 Å². The molecule has 1 aromatic carbocycles. The molecule has 3 heterocycles. The summed E-state index contributed by atoms with van der Waals surface area (Å²) in [6.45, 7) is 0. The highest BCUT2D eigenvalue weighted by Crippen LogP contribution is 2.64. The average Bonchev–Trinajstić information content (AvgIpc) is 3.43. The number of pyridine rings is 1. The van der Waals surface area contributed by atoms with Gasteiger partial charge in [0.2, 0.25) is 0 Å². The molecule has 0 saturated heterocycles. The molecule has 0 radical (unpaired) electrons. The summed E-state index contributed by atoms with van der Waals surface area (Å²) in [5.74, 6) is 2.50. The maximum atomic E-state index is 7.97. The quantitative estimate of drug-likeness (QED) is 0.404. The summed E-state index contributed by atoms with van der Waals surface area (Å²) in [7, 11) is 0. The number of nitrogens with two attached hydrogens (primary N) is 1. The number of H-pyrrole nitrogens is 1. The van der Waals surface area contributed by atoms with Crippen molar-refractivity contribution in [2.45, 2.75) is 31.2 Å². The van der Waals surface area contributed by atoms with E-state index in [1.54, 1.807) is 0 Å². The van der Waals surface area contributed by atoms with Crippen molar-refractivity contribution in [3.8, 4) is 0 Å². The lowest BCUT2D eigenvalue weighted by Crippen LogP contribution is -2.36. The maximum absolute atomic E-state index is 7.97. The zero-order valence-corrected chi connectivity index (χ0v) is 15.1. The zero-order chi connectivity index (χ0) is 18.1. The van der Waals surface area contributed by atoms with Gasteiger partial charge in [0.1, 0.15) is 5.65 Å². The molecular formula is C22H23N5. The van der Waals surface area contributed by atoms with Gasteiger partial charge in [0.05, 0.1) is 6.04 Å². The van der Waals surface area contributed by atoms with Crippen LogP contribution in [0.15, 0.2) is 36.7 Å².